The molecule has 0 saturated heterocycles. The zero-order chi connectivity index (χ0) is 12.5. The molecule has 0 heterocycles. The molecule has 1 aromatic carbocycles. The molecule has 1 aliphatic rings. The number of phenols is 1. The molecule has 2 nitrogen and oxygen atoms in total. The van der Waals surface area contributed by atoms with Gasteiger partial charge < -0.3 is 10.4 Å². The minimum Gasteiger partial charge on any atom is -0.508 e. The third-order valence-electron chi connectivity index (χ3n) is 3.05. The van der Waals surface area contributed by atoms with Crippen LogP contribution in [0.25, 0.3) is 0 Å². The normalized spacial score (nSPS) is 19.4. The average Bonchev–Trinajstić information content (AvgIpc) is 2.61. The molecule has 0 amide bonds. The minimum atomic E-state index is -4.12. The fourth-order valence-corrected chi connectivity index (χ4v) is 2.24. The van der Waals surface area contributed by atoms with Crippen molar-refractivity contribution in [1.82, 2.24) is 5.32 Å². The lowest BCUT2D eigenvalue weighted by atomic mass is 10.1. The van der Waals surface area contributed by atoms with E-state index < -0.39 is 12.6 Å². The number of nitrogens with one attached hydrogen (secondary N) is 1. The van der Waals surface area contributed by atoms with E-state index in [9.17, 15) is 18.3 Å². The van der Waals surface area contributed by atoms with Crippen LogP contribution in [0.15, 0.2) is 18.2 Å². The van der Waals surface area contributed by atoms with Gasteiger partial charge in [-0.1, -0.05) is 12.1 Å². The Morgan fingerprint density at radius 3 is 2.82 bits per heavy atom. The van der Waals surface area contributed by atoms with Crippen LogP contribution in [0.1, 0.15) is 30.0 Å². The van der Waals surface area contributed by atoms with E-state index in [2.05, 4.69) is 5.32 Å². The van der Waals surface area contributed by atoms with E-state index in [1.807, 2.05) is 6.07 Å². The lowest BCUT2D eigenvalue weighted by Crippen LogP contribution is -2.24. The van der Waals surface area contributed by atoms with Crippen LogP contribution in [-0.4, -0.2) is 17.8 Å². The van der Waals surface area contributed by atoms with Crippen molar-refractivity contribution in [2.75, 3.05) is 6.54 Å². The molecular formula is C12H14F3NO. The second-order valence-electron chi connectivity index (χ2n) is 4.26. The van der Waals surface area contributed by atoms with Crippen LogP contribution in [0, 0.1) is 0 Å². The van der Waals surface area contributed by atoms with Crippen molar-refractivity contribution in [3.63, 3.8) is 0 Å². The third-order valence-corrected chi connectivity index (χ3v) is 3.05. The largest absolute Gasteiger partial charge is 0.508 e. The first-order valence-corrected chi connectivity index (χ1v) is 5.58. The molecule has 0 saturated carbocycles. The van der Waals surface area contributed by atoms with Gasteiger partial charge in [-0.2, -0.15) is 13.2 Å². The van der Waals surface area contributed by atoms with Crippen molar-refractivity contribution in [3.8, 4) is 5.75 Å². The number of hydrogen-bond donors (Lipinski definition) is 2. The number of benzene rings is 1. The summed E-state index contributed by atoms with van der Waals surface area (Å²) < 4.78 is 36.0. The molecular weight excluding hydrogens is 231 g/mol. The number of rotatable bonds is 3. The lowest BCUT2D eigenvalue weighted by Gasteiger charge is -2.15. The first kappa shape index (κ1) is 12.2. The Morgan fingerprint density at radius 2 is 2.12 bits per heavy atom. The van der Waals surface area contributed by atoms with Gasteiger partial charge in [0.05, 0.1) is 6.42 Å². The summed E-state index contributed by atoms with van der Waals surface area (Å²) in [6.45, 7) is -0.0801. The second-order valence-corrected chi connectivity index (χ2v) is 4.26. The predicted octanol–water partition coefficient (Wildman–Crippen LogP) is 2.92. The van der Waals surface area contributed by atoms with Crippen LogP contribution in [0.3, 0.4) is 0 Å². The van der Waals surface area contributed by atoms with Crippen molar-refractivity contribution in [3.05, 3.63) is 29.3 Å². The van der Waals surface area contributed by atoms with Crippen LogP contribution >= 0.6 is 0 Å². The van der Waals surface area contributed by atoms with E-state index in [1.54, 1.807) is 12.1 Å². The van der Waals surface area contributed by atoms with E-state index in [-0.39, 0.29) is 18.3 Å². The molecule has 1 atom stereocenters. The maximum absolute atomic E-state index is 12.0. The van der Waals surface area contributed by atoms with Crippen molar-refractivity contribution >= 4 is 0 Å². The third kappa shape index (κ3) is 2.91. The molecule has 0 radical (unpaired) electrons. The molecule has 0 aliphatic heterocycles. The summed E-state index contributed by atoms with van der Waals surface area (Å²) in [5, 5.41) is 12.5. The van der Waals surface area contributed by atoms with Gasteiger partial charge in [-0.3, -0.25) is 0 Å². The molecule has 17 heavy (non-hydrogen) atoms. The van der Waals surface area contributed by atoms with Gasteiger partial charge >= 0.3 is 6.18 Å². The van der Waals surface area contributed by atoms with Gasteiger partial charge in [-0.05, 0) is 30.0 Å². The molecule has 1 unspecified atom stereocenters. The standard InChI is InChI=1S/C12H14F3NO/c13-12(14,15)6-7-16-10-5-4-9-8(10)2-1-3-11(9)17/h1-3,10,16-17H,4-7H2. The number of hydrogen-bond acceptors (Lipinski definition) is 2. The number of fused-ring (bicyclic) bond motifs is 1. The average molecular weight is 245 g/mol. The molecule has 0 aromatic heterocycles. The predicted molar refractivity (Wildman–Crippen MR) is 57.8 cm³/mol. The number of alkyl halides is 3. The van der Waals surface area contributed by atoms with Gasteiger partial charge in [0.1, 0.15) is 5.75 Å². The minimum absolute atomic E-state index is 0.0700. The maximum Gasteiger partial charge on any atom is 0.390 e. The Labute approximate surface area is 97.5 Å². The highest BCUT2D eigenvalue weighted by molar-refractivity contribution is 5.44. The topological polar surface area (TPSA) is 32.3 Å². The molecule has 0 spiro atoms. The van der Waals surface area contributed by atoms with Crippen molar-refractivity contribution < 1.29 is 18.3 Å². The zero-order valence-electron chi connectivity index (χ0n) is 9.22. The molecule has 2 N–H and O–H groups in total. The van der Waals surface area contributed by atoms with Gasteiger partial charge in [0.25, 0.3) is 0 Å². The van der Waals surface area contributed by atoms with Crippen LogP contribution in [0.5, 0.6) is 5.75 Å². The number of halogens is 3. The van der Waals surface area contributed by atoms with Crippen LogP contribution in [0.2, 0.25) is 0 Å². The SMILES string of the molecule is Oc1cccc2c1CCC2NCCC(F)(F)F. The molecule has 2 rings (SSSR count). The summed E-state index contributed by atoms with van der Waals surface area (Å²) in [7, 11) is 0. The molecule has 1 aliphatic carbocycles. The fourth-order valence-electron chi connectivity index (χ4n) is 2.24. The van der Waals surface area contributed by atoms with E-state index >= 15 is 0 Å². The zero-order valence-corrected chi connectivity index (χ0v) is 9.22. The Bertz CT molecular complexity index is 403. The van der Waals surface area contributed by atoms with Gasteiger partial charge in [0.2, 0.25) is 0 Å². The monoisotopic (exact) mass is 245 g/mol. The summed E-state index contributed by atoms with van der Waals surface area (Å²) >= 11 is 0. The summed E-state index contributed by atoms with van der Waals surface area (Å²) in [6, 6.07) is 5.11. The summed E-state index contributed by atoms with van der Waals surface area (Å²) in [5.74, 6) is 0.239. The highest BCUT2D eigenvalue weighted by atomic mass is 19.4. The maximum atomic E-state index is 12.0. The Hall–Kier alpha value is -1.23. The van der Waals surface area contributed by atoms with Crippen LogP contribution in [-0.2, 0) is 6.42 Å². The quantitative estimate of drug-likeness (QED) is 0.858. The molecule has 1 aromatic rings. The highest BCUT2D eigenvalue weighted by Gasteiger charge is 2.28. The lowest BCUT2D eigenvalue weighted by molar-refractivity contribution is -0.133. The molecule has 0 bridgehead atoms. The van der Waals surface area contributed by atoms with Gasteiger partial charge in [0, 0.05) is 12.6 Å². The fraction of sp³-hybridized carbons (Fsp3) is 0.500. The van der Waals surface area contributed by atoms with E-state index in [4.69, 9.17) is 0 Å². The van der Waals surface area contributed by atoms with Crippen LogP contribution in [0.4, 0.5) is 13.2 Å². The summed E-state index contributed by atoms with van der Waals surface area (Å²) in [6.07, 6.45) is -3.48. The van der Waals surface area contributed by atoms with Crippen molar-refractivity contribution in [1.29, 1.82) is 0 Å². The Morgan fingerprint density at radius 1 is 1.35 bits per heavy atom. The van der Waals surface area contributed by atoms with Gasteiger partial charge in [-0.25, -0.2) is 0 Å². The molecule has 0 fully saturated rings. The molecule has 94 valence electrons. The van der Waals surface area contributed by atoms with Crippen molar-refractivity contribution in [2.24, 2.45) is 0 Å². The highest BCUT2D eigenvalue weighted by Crippen LogP contribution is 2.36. The van der Waals surface area contributed by atoms with Gasteiger partial charge in [0.15, 0.2) is 0 Å². The number of phenolic OH excluding ortho intramolecular Hbond substituents is 1. The Balaban J connectivity index is 1.96. The van der Waals surface area contributed by atoms with Crippen molar-refractivity contribution in [2.45, 2.75) is 31.5 Å². The van der Waals surface area contributed by atoms with Crippen LogP contribution < -0.4 is 5.32 Å². The first-order chi connectivity index (χ1) is 7.97. The molecule has 5 heteroatoms. The Kier molecular flexibility index (Phi) is 3.28. The van der Waals surface area contributed by atoms with E-state index in [1.165, 1.54) is 0 Å². The first-order valence-electron chi connectivity index (χ1n) is 5.58. The smallest absolute Gasteiger partial charge is 0.390 e. The second kappa shape index (κ2) is 4.56. The van der Waals surface area contributed by atoms with E-state index in [0.717, 1.165) is 17.5 Å². The summed E-state index contributed by atoms with van der Waals surface area (Å²) in [5.41, 5.74) is 1.78. The van der Waals surface area contributed by atoms with Gasteiger partial charge in [-0.15, -0.1) is 0 Å². The van der Waals surface area contributed by atoms with E-state index in [0.29, 0.717) is 6.42 Å². The number of aromatic hydroxyl groups is 1. The summed E-state index contributed by atoms with van der Waals surface area (Å²) in [4.78, 5) is 0.